The van der Waals surface area contributed by atoms with Crippen molar-refractivity contribution in [2.24, 2.45) is 10.3 Å². The minimum Gasteiger partial charge on any atom is -0.358 e. The van der Waals surface area contributed by atoms with Gasteiger partial charge in [0, 0.05) is 14.2 Å². The first kappa shape index (κ1) is 13.6. The molecule has 5 heteroatoms. The first-order valence-electron chi connectivity index (χ1n) is 5.60. The van der Waals surface area contributed by atoms with Gasteiger partial charge in [0.2, 0.25) is 0 Å². The number of hydrogen-bond donors (Lipinski definition) is 1. The van der Waals surface area contributed by atoms with Gasteiger partial charge in [-0.2, -0.15) is 0 Å². The monoisotopic (exact) mass is 236 g/mol. The van der Waals surface area contributed by atoms with Gasteiger partial charge in [-0.05, 0) is 25.0 Å². The van der Waals surface area contributed by atoms with E-state index in [1.54, 1.807) is 12.2 Å². The Labute approximate surface area is 102 Å². The topological polar surface area (TPSA) is 49.2 Å². The number of ether oxygens (including phenoxy) is 1. The lowest BCUT2D eigenvalue weighted by molar-refractivity contribution is 0.0986. The average Bonchev–Trinajstić information content (AvgIpc) is 2.36. The van der Waals surface area contributed by atoms with Crippen molar-refractivity contribution in [1.82, 2.24) is 10.5 Å². The highest BCUT2D eigenvalue weighted by Gasteiger charge is 2.03. The smallest absolute Gasteiger partial charge is 0.167 e. The molecule has 1 unspecified atom stereocenters. The summed E-state index contributed by atoms with van der Waals surface area (Å²) in [7, 11) is 3.42. The first-order chi connectivity index (χ1) is 8.17. The molecule has 0 aliphatic rings. The third kappa shape index (κ3) is 4.50. The molecule has 1 aromatic carbocycles. The zero-order valence-corrected chi connectivity index (χ0v) is 10.8. The molecule has 0 bridgehead atoms. The number of hydrazine groups is 1. The average molecular weight is 236 g/mol. The number of nitrogens with one attached hydrogen (secondary N) is 1. The van der Waals surface area contributed by atoms with Gasteiger partial charge in [-0.1, -0.05) is 29.5 Å². The Kier molecular flexibility index (Phi) is 5.59. The maximum Gasteiger partial charge on any atom is 0.167 e. The number of nitrogens with zero attached hydrogens (tertiary/aromatic N) is 3. The molecule has 1 atom stereocenters. The number of aryl methyl sites for hydroxylation is 1. The van der Waals surface area contributed by atoms with Gasteiger partial charge < -0.3 is 4.74 Å². The van der Waals surface area contributed by atoms with Crippen LogP contribution in [0.2, 0.25) is 0 Å². The molecule has 1 aromatic rings. The number of methoxy groups -OCH3 is 1. The standard InChI is InChI=1S/C12H20N4O/c1-10-7-5-6-8-12(10)9-16(13-3)15-14-11(2)17-4/h5-8,11,13H,9H2,1-4H3/b15-14-. The zero-order chi connectivity index (χ0) is 12.7. The second-order valence-electron chi connectivity index (χ2n) is 3.75. The van der Waals surface area contributed by atoms with E-state index in [9.17, 15) is 0 Å². The second-order valence-corrected chi connectivity index (χ2v) is 3.75. The summed E-state index contributed by atoms with van der Waals surface area (Å²) >= 11 is 0. The van der Waals surface area contributed by atoms with Crippen LogP contribution in [-0.2, 0) is 11.3 Å². The van der Waals surface area contributed by atoms with Crippen LogP contribution in [0.25, 0.3) is 0 Å². The van der Waals surface area contributed by atoms with E-state index in [2.05, 4.69) is 34.8 Å². The van der Waals surface area contributed by atoms with E-state index in [4.69, 9.17) is 4.74 Å². The highest BCUT2D eigenvalue weighted by Crippen LogP contribution is 2.09. The summed E-state index contributed by atoms with van der Waals surface area (Å²) in [6.45, 7) is 4.59. The second kappa shape index (κ2) is 6.98. The highest BCUT2D eigenvalue weighted by atomic mass is 16.5. The predicted octanol–water partition coefficient (Wildman–Crippen LogP) is 2.29. The van der Waals surface area contributed by atoms with E-state index in [0.717, 1.165) is 0 Å². The van der Waals surface area contributed by atoms with Crippen LogP contribution in [0.5, 0.6) is 0 Å². The highest BCUT2D eigenvalue weighted by molar-refractivity contribution is 5.25. The lowest BCUT2D eigenvalue weighted by Crippen LogP contribution is -2.29. The van der Waals surface area contributed by atoms with Crippen LogP contribution in [0, 0.1) is 6.92 Å². The fourth-order valence-electron chi connectivity index (χ4n) is 1.29. The molecule has 0 aromatic heterocycles. The molecule has 0 fully saturated rings. The van der Waals surface area contributed by atoms with Crippen LogP contribution in [0.3, 0.4) is 0 Å². The van der Waals surface area contributed by atoms with Crippen LogP contribution >= 0.6 is 0 Å². The SMILES string of the molecule is CNN(Cc1ccccc1C)/N=N\C(C)OC. The van der Waals surface area contributed by atoms with Gasteiger partial charge in [0.1, 0.15) is 0 Å². The van der Waals surface area contributed by atoms with Crippen molar-refractivity contribution in [2.75, 3.05) is 14.2 Å². The van der Waals surface area contributed by atoms with E-state index in [-0.39, 0.29) is 6.23 Å². The quantitative estimate of drug-likeness (QED) is 0.609. The van der Waals surface area contributed by atoms with Crippen LogP contribution in [-0.4, -0.2) is 25.5 Å². The van der Waals surface area contributed by atoms with Crippen molar-refractivity contribution < 1.29 is 4.74 Å². The van der Waals surface area contributed by atoms with E-state index < -0.39 is 0 Å². The Hall–Kier alpha value is -1.46. The van der Waals surface area contributed by atoms with E-state index in [1.807, 2.05) is 26.1 Å². The third-order valence-corrected chi connectivity index (χ3v) is 2.50. The van der Waals surface area contributed by atoms with Gasteiger partial charge in [-0.25, -0.2) is 10.5 Å². The molecule has 0 radical (unpaired) electrons. The van der Waals surface area contributed by atoms with Crippen molar-refractivity contribution in [3.63, 3.8) is 0 Å². The minimum atomic E-state index is -0.234. The Balaban J connectivity index is 2.64. The Morgan fingerprint density at radius 3 is 2.71 bits per heavy atom. The molecule has 0 saturated carbocycles. The van der Waals surface area contributed by atoms with Gasteiger partial charge in [0.25, 0.3) is 0 Å². The van der Waals surface area contributed by atoms with E-state index >= 15 is 0 Å². The molecule has 0 heterocycles. The maximum absolute atomic E-state index is 5.00. The molecule has 1 rings (SSSR count). The lowest BCUT2D eigenvalue weighted by atomic mass is 10.1. The van der Waals surface area contributed by atoms with Crippen molar-refractivity contribution in [3.05, 3.63) is 35.4 Å². The Morgan fingerprint density at radius 2 is 2.12 bits per heavy atom. The zero-order valence-electron chi connectivity index (χ0n) is 10.8. The maximum atomic E-state index is 5.00. The Bertz CT molecular complexity index is 367. The number of hydrogen-bond acceptors (Lipinski definition) is 4. The first-order valence-corrected chi connectivity index (χ1v) is 5.60. The molecule has 0 aliphatic carbocycles. The van der Waals surface area contributed by atoms with Gasteiger partial charge in [-0.3, -0.25) is 0 Å². The van der Waals surface area contributed by atoms with Crippen LogP contribution in [0.4, 0.5) is 0 Å². The van der Waals surface area contributed by atoms with E-state index in [0.29, 0.717) is 6.54 Å². The summed E-state index contributed by atoms with van der Waals surface area (Å²) in [5, 5.41) is 9.76. The summed E-state index contributed by atoms with van der Waals surface area (Å²) < 4.78 is 5.00. The van der Waals surface area contributed by atoms with Gasteiger partial charge in [0.05, 0.1) is 6.54 Å². The summed E-state index contributed by atoms with van der Waals surface area (Å²) in [6.07, 6.45) is -0.234. The minimum absolute atomic E-state index is 0.234. The summed E-state index contributed by atoms with van der Waals surface area (Å²) in [6, 6.07) is 8.20. The number of rotatable bonds is 6. The summed E-state index contributed by atoms with van der Waals surface area (Å²) in [5.74, 6) is 0. The molecule has 5 nitrogen and oxygen atoms in total. The van der Waals surface area contributed by atoms with Gasteiger partial charge in [-0.15, -0.1) is 5.11 Å². The van der Waals surface area contributed by atoms with Crippen molar-refractivity contribution in [2.45, 2.75) is 26.6 Å². The lowest BCUT2D eigenvalue weighted by Gasteiger charge is -2.17. The van der Waals surface area contributed by atoms with Crippen molar-refractivity contribution in [3.8, 4) is 0 Å². The summed E-state index contributed by atoms with van der Waals surface area (Å²) in [4.78, 5) is 0. The molecule has 0 saturated heterocycles. The third-order valence-electron chi connectivity index (χ3n) is 2.50. The molecule has 94 valence electrons. The van der Waals surface area contributed by atoms with Gasteiger partial charge in [0.15, 0.2) is 6.23 Å². The largest absolute Gasteiger partial charge is 0.358 e. The fraction of sp³-hybridized carbons (Fsp3) is 0.500. The fourth-order valence-corrected chi connectivity index (χ4v) is 1.29. The van der Waals surface area contributed by atoms with E-state index in [1.165, 1.54) is 11.1 Å². The number of benzene rings is 1. The molecule has 0 spiro atoms. The summed E-state index contributed by atoms with van der Waals surface area (Å²) in [5.41, 5.74) is 5.43. The van der Waals surface area contributed by atoms with Crippen molar-refractivity contribution >= 4 is 0 Å². The molecule has 17 heavy (non-hydrogen) atoms. The Morgan fingerprint density at radius 1 is 1.41 bits per heavy atom. The van der Waals surface area contributed by atoms with Gasteiger partial charge >= 0.3 is 0 Å². The van der Waals surface area contributed by atoms with Crippen molar-refractivity contribution in [1.29, 1.82) is 0 Å². The van der Waals surface area contributed by atoms with Crippen LogP contribution in [0.15, 0.2) is 34.6 Å². The molecule has 0 amide bonds. The predicted molar refractivity (Wildman–Crippen MR) is 67.1 cm³/mol. The molecule has 1 N–H and O–H groups in total. The van der Waals surface area contributed by atoms with Crippen LogP contribution in [0.1, 0.15) is 18.1 Å². The molecular formula is C12H20N4O. The normalized spacial score (nSPS) is 12.9. The molecular weight excluding hydrogens is 216 g/mol. The van der Waals surface area contributed by atoms with Crippen LogP contribution < -0.4 is 5.43 Å². The molecule has 0 aliphatic heterocycles.